The van der Waals surface area contributed by atoms with Gasteiger partial charge in [0.05, 0.1) is 6.20 Å². The molecular weight excluding hydrogens is 321 g/mol. The van der Waals surface area contributed by atoms with Gasteiger partial charge in [0.2, 0.25) is 5.78 Å². The van der Waals surface area contributed by atoms with Gasteiger partial charge in [-0.15, -0.1) is 0 Å². The maximum Gasteiger partial charge on any atom is 0.270 e. The lowest BCUT2D eigenvalue weighted by molar-refractivity contribution is 0.0918. The van der Waals surface area contributed by atoms with Crippen molar-refractivity contribution in [2.45, 2.75) is 18.4 Å². The number of hydrogen-bond acceptors (Lipinski definition) is 4. The van der Waals surface area contributed by atoms with E-state index in [1.54, 1.807) is 35.0 Å². The normalized spacial score (nSPS) is 20.5. The van der Waals surface area contributed by atoms with Gasteiger partial charge in [-0.2, -0.15) is 0 Å². The summed E-state index contributed by atoms with van der Waals surface area (Å²) in [5, 5.41) is 6.36. The van der Waals surface area contributed by atoms with Crippen molar-refractivity contribution in [2.75, 3.05) is 13.1 Å². The van der Waals surface area contributed by atoms with Crippen LogP contribution in [-0.2, 0) is 0 Å². The van der Waals surface area contributed by atoms with E-state index in [-0.39, 0.29) is 23.7 Å². The molecule has 128 valence electrons. The molecule has 6 nitrogen and oxygen atoms in total. The lowest BCUT2D eigenvalue weighted by atomic mass is 9.86. The molecule has 3 heterocycles. The standard InChI is InChI=1S/C18H18FN5O/c19-13-4-1-3-12(9-13)14-5-7-20-10-15(14)23-17(25)16-11-22-18-21-6-2-8-24(16)18/h1-4,6,8-9,11,14-15,20H,5,7,10H2,(H,23,25)/t14-,15-/m0/s1. The molecule has 1 aromatic carbocycles. The van der Waals surface area contributed by atoms with Crippen molar-refractivity contribution >= 4 is 11.7 Å². The lowest BCUT2D eigenvalue weighted by Crippen LogP contribution is -2.50. The Morgan fingerprint density at radius 3 is 3.12 bits per heavy atom. The number of piperidine rings is 1. The number of aromatic nitrogens is 3. The Labute approximate surface area is 144 Å². The summed E-state index contributed by atoms with van der Waals surface area (Å²) in [6.07, 6.45) is 5.75. The Morgan fingerprint density at radius 2 is 2.24 bits per heavy atom. The summed E-state index contributed by atoms with van der Waals surface area (Å²) in [6, 6.07) is 8.24. The first kappa shape index (κ1) is 15.7. The molecule has 0 radical (unpaired) electrons. The van der Waals surface area contributed by atoms with E-state index in [0.717, 1.165) is 18.5 Å². The molecule has 3 aromatic rings. The van der Waals surface area contributed by atoms with Gasteiger partial charge in [0, 0.05) is 30.9 Å². The number of benzene rings is 1. The highest BCUT2D eigenvalue weighted by Crippen LogP contribution is 2.26. The lowest BCUT2D eigenvalue weighted by Gasteiger charge is -2.33. The Balaban J connectivity index is 1.58. The summed E-state index contributed by atoms with van der Waals surface area (Å²) in [6.45, 7) is 1.48. The van der Waals surface area contributed by atoms with Gasteiger partial charge in [-0.05, 0) is 36.7 Å². The second kappa shape index (κ2) is 6.60. The maximum absolute atomic E-state index is 13.6. The molecule has 0 unspecified atom stereocenters. The van der Waals surface area contributed by atoms with Gasteiger partial charge in [-0.3, -0.25) is 9.20 Å². The van der Waals surface area contributed by atoms with Gasteiger partial charge >= 0.3 is 0 Å². The number of fused-ring (bicyclic) bond motifs is 1. The van der Waals surface area contributed by atoms with E-state index in [1.807, 2.05) is 6.07 Å². The summed E-state index contributed by atoms with van der Waals surface area (Å²) >= 11 is 0. The van der Waals surface area contributed by atoms with Crippen molar-refractivity contribution in [3.8, 4) is 0 Å². The number of carbonyl (C=O) groups excluding carboxylic acids is 1. The molecule has 25 heavy (non-hydrogen) atoms. The number of nitrogens with zero attached hydrogens (tertiary/aromatic N) is 3. The van der Waals surface area contributed by atoms with E-state index in [4.69, 9.17) is 0 Å². The molecule has 0 aliphatic carbocycles. The van der Waals surface area contributed by atoms with E-state index in [0.29, 0.717) is 18.0 Å². The summed E-state index contributed by atoms with van der Waals surface area (Å²) < 4.78 is 15.2. The van der Waals surface area contributed by atoms with Crippen molar-refractivity contribution in [3.63, 3.8) is 0 Å². The summed E-state index contributed by atoms with van der Waals surface area (Å²) in [5.74, 6) is 0.0823. The van der Waals surface area contributed by atoms with Crippen LogP contribution in [0.2, 0.25) is 0 Å². The van der Waals surface area contributed by atoms with Crippen molar-refractivity contribution in [2.24, 2.45) is 0 Å². The van der Waals surface area contributed by atoms with Gasteiger partial charge in [-0.1, -0.05) is 12.1 Å². The largest absolute Gasteiger partial charge is 0.346 e. The predicted molar refractivity (Wildman–Crippen MR) is 90.9 cm³/mol. The van der Waals surface area contributed by atoms with Gasteiger partial charge in [0.25, 0.3) is 5.91 Å². The Bertz CT molecular complexity index is 909. The smallest absolute Gasteiger partial charge is 0.270 e. The minimum Gasteiger partial charge on any atom is -0.346 e. The molecule has 4 rings (SSSR count). The average Bonchev–Trinajstić information content (AvgIpc) is 3.06. The van der Waals surface area contributed by atoms with Gasteiger partial charge in [-0.25, -0.2) is 14.4 Å². The first-order valence-electron chi connectivity index (χ1n) is 8.27. The molecule has 2 atom stereocenters. The molecule has 2 aromatic heterocycles. The summed E-state index contributed by atoms with van der Waals surface area (Å²) in [5.41, 5.74) is 1.35. The third-order valence-corrected chi connectivity index (χ3v) is 4.60. The first-order chi connectivity index (χ1) is 12.2. The van der Waals surface area contributed by atoms with Crippen LogP contribution in [0.4, 0.5) is 4.39 Å². The van der Waals surface area contributed by atoms with E-state index in [9.17, 15) is 9.18 Å². The highest BCUT2D eigenvalue weighted by Gasteiger charge is 2.29. The van der Waals surface area contributed by atoms with Gasteiger partial charge in [0.15, 0.2) is 0 Å². The number of halogens is 1. The molecule has 1 aliphatic heterocycles. The molecule has 7 heteroatoms. The zero-order valence-corrected chi connectivity index (χ0v) is 13.5. The number of hydrogen-bond donors (Lipinski definition) is 2. The molecule has 2 N–H and O–H groups in total. The van der Waals surface area contributed by atoms with Crippen LogP contribution >= 0.6 is 0 Å². The van der Waals surface area contributed by atoms with Crippen molar-refractivity contribution in [1.29, 1.82) is 0 Å². The van der Waals surface area contributed by atoms with E-state index >= 15 is 0 Å². The minimum atomic E-state index is -0.256. The van der Waals surface area contributed by atoms with Crippen molar-refractivity contribution < 1.29 is 9.18 Å². The molecule has 0 spiro atoms. The topological polar surface area (TPSA) is 71.3 Å². The number of imidazole rings is 1. The summed E-state index contributed by atoms with van der Waals surface area (Å²) in [7, 11) is 0. The SMILES string of the molecule is O=C(N[C@H]1CNCC[C@H]1c1cccc(F)c1)c1cnc2ncccn12. The van der Waals surface area contributed by atoms with E-state index in [1.165, 1.54) is 12.3 Å². The zero-order chi connectivity index (χ0) is 17.2. The molecular formula is C18H18FN5O. The number of rotatable bonds is 3. The molecule has 0 bridgehead atoms. The average molecular weight is 339 g/mol. The minimum absolute atomic E-state index is 0.0678. The second-order valence-electron chi connectivity index (χ2n) is 6.17. The second-order valence-corrected chi connectivity index (χ2v) is 6.17. The molecule has 1 fully saturated rings. The fourth-order valence-corrected chi connectivity index (χ4v) is 3.38. The quantitative estimate of drug-likeness (QED) is 0.763. The molecule has 0 saturated carbocycles. The van der Waals surface area contributed by atoms with Crippen LogP contribution in [-0.4, -0.2) is 39.4 Å². The Morgan fingerprint density at radius 1 is 1.32 bits per heavy atom. The Hall–Kier alpha value is -2.80. The van der Waals surface area contributed by atoms with Crippen LogP contribution in [0.1, 0.15) is 28.4 Å². The van der Waals surface area contributed by atoms with Crippen LogP contribution in [0.3, 0.4) is 0 Å². The predicted octanol–water partition coefficient (Wildman–Crippen LogP) is 1.74. The monoisotopic (exact) mass is 339 g/mol. The van der Waals surface area contributed by atoms with E-state index < -0.39 is 0 Å². The zero-order valence-electron chi connectivity index (χ0n) is 13.5. The fourth-order valence-electron chi connectivity index (χ4n) is 3.38. The van der Waals surface area contributed by atoms with Crippen LogP contribution in [0.25, 0.3) is 5.78 Å². The van der Waals surface area contributed by atoms with Crippen LogP contribution < -0.4 is 10.6 Å². The summed E-state index contributed by atoms with van der Waals surface area (Å²) in [4.78, 5) is 21.0. The maximum atomic E-state index is 13.6. The highest BCUT2D eigenvalue weighted by atomic mass is 19.1. The number of carbonyl (C=O) groups is 1. The van der Waals surface area contributed by atoms with Crippen LogP contribution in [0, 0.1) is 5.82 Å². The number of amides is 1. The van der Waals surface area contributed by atoms with Gasteiger partial charge < -0.3 is 10.6 Å². The fraction of sp³-hybridized carbons (Fsp3) is 0.278. The third-order valence-electron chi connectivity index (χ3n) is 4.60. The van der Waals surface area contributed by atoms with Crippen molar-refractivity contribution in [3.05, 3.63) is 66.0 Å². The molecule has 1 amide bonds. The molecule has 1 saturated heterocycles. The number of nitrogens with one attached hydrogen (secondary N) is 2. The van der Waals surface area contributed by atoms with Crippen molar-refractivity contribution in [1.82, 2.24) is 25.0 Å². The van der Waals surface area contributed by atoms with Gasteiger partial charge in [0.1, 0.15) is 11.5 Å². The highest BCUT2D eigenvalue weighted by molar-refractivity contribution is 5.93. The Kier molecular flexibility index (Phi) is 4.15. The van der Waals surface area contributed by atoms with Crippen LogP contribution in [0.5, 0.6) is 0 Å². The molecule has 1 aliphatic rings. The van der Waals surface area contributed by atoms with E-state index in [2.05, 4.69) is 20.6 Å². The van der Waals surface area contributed by atoms with Crippen LogP contribution in [0.15, 0.2) is 48.9 Å². The third kappa shape index (κ3) is 3.10. The first-order valence-corrected chi connectivity index (χ1v) is 8.27.